The fraction of sp³-hybridized carbons (Fsp3) is 0.778. The van der Waals surface area contributed by atoms with Crippen LogP contribution in [0.3, 0.4) is 0 Å². The SMILES string of the molecule is CCCC(C)OC/C=C/CN. The molecule has 0 bridgehead atoms. The normalized spacial score (nSPS) is 14.1. The van der Waals surface area contributed by atoms with E-state index in [1.54, 1.807) is 0 Å². The van der Waals surface area contributed by atoms with E-state index in [1.165, 1.54) is 6.42 Å². The van der Waals surface area contributed by atoms with Gasteiger partial charge in [-0.2, -0.15) is 0 Å². The van der Waals surface area contributed by atoms with Crippen molar-refractivity contribution < 1.29 is 4.74 Å². The molecule has 0 saturated heterocycles. The second kappa shape index (κ2) is 7.76. The first-order valence-corrected chi connectivity index (χ1v) is 4.28. The van der Waals surface area contributed by atoms with Gasteiger partial charge in [0.25, 0.3) is 0 Å². The third-order valence-corrected chi connectivity index (χ3v) is 1.47. The molecule has 66 valence electrons. The van der Waals surface area contributed by atoms with E-state index >= 15 is 0 Å². The van der Waals surface area contributed by atoms with Crippen LogP contribution < -0.4 is 5.73 Å². The highest BCUT2D eigenvalue weighted by atomic mass is 16.5. The van der Waals surface area contributed by atoms with E-state index in [0.29, 0.717) is 19.3 Å². The average molecular weight is 157 g/mol. The van der Waals surface area contributed by atoms with Crippen LogP contribution in [0.1, 0.15) is 26.7 Å². The summed E-state index contributed by atoms with van der Waals surface area (Å²) in [5, 5.41) is 0. The van der Waals surface area contributed by atoms with Gasteiger partial charge in [0.15, 0.2) is 0 Å². The molecule has 0 aliphatic heterocycles. The average Bonchev–Trinajstić information content (AvgIpc) is 1.99. The zero-order valence-corrected chi connectivity index (χ0v) is 7.55. The van der Waals surface area contributed by atoms with Crippen molar-refractivity contribution in [2.75, 3.05) is 13.2 Å². The molecule has 2 N–H and O–H groups in total. The molecule has 0 heterocycles. The maximum Gasteiger partial charge on any atom is 0.0651 e. The second-order valence-corrected chi connectivity index (χ2v) is 2.64. The lowest BCUT2D eigenvalue weighted by atomic mass is 10.2. The summed E-state index contributed by atoms with van der Waals surface area (Å²) in [5.74, 6) is 0. The van der Waals surface area contributed by atoms with E-state index in [0.717, 1.165) is 6.42 Å². The first-order valence-electron chi connectivity index (χ1n) is 4.28. The highest BCUT2D eigenvalue weighted by Crippen LogP contribution is 1.99. The van der Waals surface area contributed by atoms with Gasteiger partial charge in [0.05, 0.1) is 12.7 Å². The molecule has 0 amide bonds. The zero-order valence-electron chi connectivity index (χ0n) is 7.55. The summed E-state index contributed by atoms with van der Waals surface area (Å²) >= 11 is 0. The van der Waals surface area contributed by atoms with E-state index in [9.17, 15) is 0 Å². The fourth-order valence-corrected chi connectivity index (χ4v) is 0.874. The Labute approximate surface area is 69.4 Å². The molecule has 0 aromatic rings. The molecule has 2 heteroatoms. The minimum Gasteiger partial charge on any atom is -0.374 e. The third-order valence-electron chi connectivity index (χ3n) is 1.47. The lowest BCUT2D eigenvalue weighted by molar-refractivity contribution is 0.0813. The fourth-order valence-electron chi connectivity index (χ4n) is 0.874. The summed E-state index contributed by atoms with van der Waals surface area (Å²) in [5.41, 5.74) is 5.26. The Kier molecular flexibility index (Phi) is 7.52. The van der Waals surface area contributed by atoms with Crippen molar-refractivity contribution in [2.45, 2.75) is 32.8 Å². The topological polar surface area (TPSA) is 35.2 Å². The Morgan fingerprint density at radius 3 is 2.73 bits per heavy atom. The molecule has 0 aromatic carbocycles. The van der Waals surface area contributed by atoms with Crippen molar-refractivity contribution >= 4 is 0 Å². The zero-order chi connectivity index (χ0) is 8.53. The van der Waals surface area contributed by atoms with Gasteiger partial charge in [-0.05, 0) is 13.3 Å². The van der Waals surface area contributed by atoms with Crippen LogP contribution in [0, 0.1) is 0 Å². The monoisotopic (exact) mass is 157 g/mol. The smallest absolute Gasteiger partial charge is 0.0651 e. The highest BCUT2D eigenvalue weighted by Gasteiger charge is 1.96. The van der Waals surface area contributed by atoms with Crippen molar-refractivity contribution in [3.05, 3.63) is 12.2 Å². The van der Waals surface area contributed by atoms with E-state index in [4.69, 9.17) is 10.5 Å². The van der Waals surface area contributed by atoms with Crippen LogP contribution in [0.2, 0.25) is 0 Å². The van der Waals surface area contributed by atoms with Crippen LogP contribution in [0.4, 0.5) is 0 Å². The molecular formula is C9H19NO. The Hall–Kier alpha value is -0.340. The number of nitrogens with two attached hydrogens (primary N) is 1. The molecule has 0 rings (SSSR count). The minimum absolute atomic E-state index is 0.377. The molecule has 0 aliphatic rings. The van der Waals surface area contributed by atoms with Crippen LogP contribution in [0.25, 0.3) is 0 Å². The van der Waals surface area contributed by atoms with Crippen molar-refractivity contribution in [1.82, 2.24) is 0 Å². The van der Waals surface area contributed by atoms with Gasteiger partial charge in [0.2, 0.25) is 0 Å². The standard InChI is InChI=1S/C9H19NO/c1-3-6-9(2)11-8-5-4-7-10/h4-5,9H,3,6-8,10H2,1-2H3/b5-4+. The lowest BCUT2D eigenvalue weighted by Gasteiger charge is -2.08. The molecule has 0 aliphatic carbocycles. The Morgan fingerprint density at radius 1 is 1.45 bits per heavy atom. The molecule has 0 radical (unpaired) electrons. The van der Waals surface area contributed by atoms with Crippen molar-refractivity contribution in [3.63, 3.8) is 0 Å². The summed E-state index contributed by atoms with van der Waals surface area (Å²) in [6, 6.07) is 0. The number of ether oxygens (including phenoxy) is 1. The van der Waals surface area contributed by atoms with Gasteiger partial charge in [0.1, 0.15) is 0 Å². The van der Waals surface area contributed by atoms with E-state index in [-0.39, 0.29) is 0 Å². The summed E-state index contributed by atoms with van der Waals surface area (Å²) in [7, 11) is 0. The molecule has 2 nitrogen and oxygen atoms in total. The van der Waals surface area contributed by atoms with Gasteiger partial charge >= 0.3 is 0 Å². The molecule has 11 heavy (non-hydrogen) atoms. The maximum absolute atomic E-state index is 5.44. The predicted octanol–water partition coefficient (Wildman–Crippen LogP) is 1.71. The third kappa shape index (κ3) is 7.56. The molecular weight excluding hydrogens is 138 g/mol. The van der Waals surface area contributed by atoms with E-state index < -0.39 is 0 Å². The maximum atomic E-state index is 5.44. The van der Waals surface area contributed by atoms with Crippen molar-refractivity contribution in [2.24, 2.45) is 5.73 Å². The van der Waals surface area contributed by atoms with Crippen molar-refractivity contribution in [1.29, 1.82) is 0 Å². The first kappa shape index (κ1) is 10.7. The molecule has 0 aromatic heterocycles. The van der Waals surface area contributed by atoms with Crippen LogP contribution >= 0.6 is 0 Å². The summed E-state index contributed by atoms with van der Waals surface area (Å²) in [4.78, 5) is 0. The largest absolute Gasteiger partial charge is 0.374 e. The van der Waals surface area contributed by atoms with Gasteiger partial charge < -0.3 is 10.5 Å². The Balaban J connectivity index is 3.16. The van der Waals surface area contributed by atoms with Gasteiger partial charge in [-0.15, -0.1) is 0 Å². The quantitative estimate of drug-likeness (QED) is 0.596. The molecule has 0 fully saturated rings. The second-order valence-electron chi connectivity index (χ2n) is 2.64. The Bertz CT molecular complexity index is 102. The molecule has 1 atom stereocenters. The van der Waals surface area contributed by atoms with Gasteiger partial charge in [-0.3, -0.25) is 0 Å². The first-order chi connectivity index (χ1) is 5.31. The number of hydrogen-bond donors (Lipinski definition) is 1. The highest BCUT2D eigenvalue weighted by molar-refractivity contribution is 4.82. The van der Waals surface area contributed by atoms with Gasteiger partial charge in [0, 0.05) is 6.54 Å². The van der Waals surface area contributed by atoms with E-state index in [1.807, 2.05) is 12.2 Å². The predicted molar refractivity (Wildman–Crippen MR) is 48.5 cm³/mol. The number of hydrogen-bond acceptors (Lipinski definition) is 2. The van der Waals surface area contributed by atoms with Crippen LogP contribution in [0.15, 0.2) is 12.2 Å². The number of rotatable bonds is 6. The lowest BCUT2D eigenvalue weighted by Crippen LogP contribution is -2.07. The van der Waals surface area contributed by atoms with Crippen molar-refractivity contribution in [3.8, 4) is 0 Å². The minimum atomic E-state index is 0.377. The van der Waals surface area contributed by atoms with Gasteiger partial charge in [-0.25, -0.2) is 0 Å². The molecule has 0 spiro atoms. The summed E-state index contributed by atoms with van der Waals surface area (Å²) < 4.78 is 5.44. The van der Waals surface area contributed by atoms with Gasteiger partial charge in [-0.1, -0.05) is 25.5 Å². The van der Waals surface area contributed by atoms with Crippen LogP contribution in [-0.4, -0.2) is 19.3 Å². The van der Waals surface area contributed by atoms with Crippen LogP contribution in [0.5, 0.6) is 0 Å². The summed E-state index contributed by atoms with van der Waals surface area (Å²) in [6.07, 6.45) is 6.57. The summed E-state index contributed by atoms with van der Waals surface area (Å²) in [6.45, 7) is 5.55. The molecule has 1 unspecified atom stereocenters. The molecule has 0 saturated carbocycles. The Morgan fingerprint density at radius 2 is 2.18 bits per heavy atom. The van der Waals surface area contributed by atoms with Crippen LogP contribution in [-0.2, 0) is 4.74 Å². The van der Waals surface area contributed by atoms with E-state index in [2.05, 4.69) is 13.8 Å².